The Labute approximate surface area is 138 Å². The fourth-order valence-corrected chi connectivity index (χ4v) is 2.96. The maximum Gasteiger partial charge on any atom is 0.356 e. The maximum absolute atomic E-state index is 11.6. The van der Waals surface area contributed by atoms with Crippen molar-refractivity contribution in [3.05, 3.63) is 47.8 Å². The third-order valence-corrected chi connectivity index (χ3v) is 4.10. The summed E-state index contributed by atoms with van der Waals surface area (Å²) in [6.45, 7) is 1.76. The number of carbonyl (C=O) groups is 1. The number of aromatic nitrogens is 2. The van der Waals surface area contributed by atoms with Crippen molar-refractivity contribution in [3.8, 4) is 11.3 Å². The van der Waals surface area contributed by atoms with Gasteiger partial charge in [0.25, 0.3) is 0 Å². The van der Waals surface area contributed by atoms with E-state index in [2.05, 4.69) is 9.84 Å². The van der Waals surface area contributed by atoms with E-state index in [1.165, 1.54) is 12.0 Å². The van der Waals surface area contributed by atoms with Gasteiger partial charge in [-0.15, -0.1) is 0 Å². The molecule has 1 N–H and O–H groups in total. The Kier molecular flexibility index (Phi) is 4.11. The van der Waals surface area contributed by atoms with Gasteiger partial charge in [0, 0.05) is 11.3 Å². The van der Waals surface area contributed by atoms with Crippen molar-refractivity contribution < 1.29 is 14.6 Å². The molecule has 2 aromatic rings. The van der Waals surface area contributed by atoms with Crippen LogP contribution in [-0.4, -0.2) is 39.1 Å². The summed E-state index contributed by atoms with van der Waals surface area (Å²) in [6, 6.07) is 11.6. The standard InChI is InChI=1S/C16H16ClN3O3/c1-10-8-12-9-13(11-6-4-3-5-7-11)18-20(12)16(17)19(10)14(21)15(22)23-2/h3-9,14,16,21H,1-2H3. The summed E-state index contributed by atoms with van der Waals surface area (Å²) in [5.74, 6) is -0.776. The van der Waals surface area contributed by atoms with Gasteiger partial charge < -0.3 is 14.7 Å². The molecule has 3 rings (SSSR count). The zero-order chi connectivity index (χ0) is 16.6. The summed E-state index contributed by atoms with van der Waals surface area (Å²) in [7, 11) is 1.21. The number of rotatable bonds is 3. The first-order chi connectivity index (χ1) is 11.0. The van der Waals surface area contributed by atoms with Crippen molar-refractivity contribution in [1.29, 1.82) is 0 Å². The number of ether oxygens (including phenoxy) is 1. The smallest absolute Gasteiger partial charge is 0.356 e. The minimum atomic E-state index is -1.49. The van der Waals surface area contributed by atoms with Crippen molar-refractivity contribution in [3.63, 3.8) is 0 Å². The SMILES string of the molecule is COC(=O)C(O)N1C(C)=Cc2cc(-c3ccccc3)nn2C1Cl. The molecule has 0 fully saturated rings. The van der Waals surface area contributed by atoms with Crippen LogP contribution in [0, 0.1) is 0 Å². The lowest BCUT2D eigenvalue weighted by Crippen LogP contribution is -2.44. The highest BCUT2D eigenvalue weighted by atomic mass is 35.5. The van der Waals surface area contributed by atoms with Gasteiger partial charge in [-0.25, -0.2) is 9.48 Å². The number of hydrogen-bond acceptors (Lipinski definition) is 5. The number of nitrogens with zero attached hydrogens (tertiary/aromatic N) is 3. The highest BCUT2D eigenvalue weighted by Gasteiger charge is 2.35. The number of esters is 1. The van der Waals surface area contributed by atoms with E-state index >= 15 is 0 Å². The van der Waals surface area contributed by atoms with Crippen LogP contribution in [0.3, 0.4) is 0 Å². The molecular weight excluding hydrogens is 318 g/mol. The first-order valence-electron chi connectivity index (χ1n) is 7.04. The van der Waals surface area contributed by atoms with Crippen LogP contribution in [0.4, 0.5) is 0 Å². The van der Waals surface area contributed by atoms with E-state index in [9.17, 15) is 9.90 Å². The molecule has 23 heavy (non-hydrogen) atoms. The number of halogens is 1. The third-order valence-electron chi connectivity index (χ3n) is 3.71. The first-order valence-corrected chi connectivity index (χ1v) is 7.48. The van der Waals surface area contributed by atoms with Crippen molar-refractivity contribution in [2.45, 2.75) is 18.8 Å². The molecular formula is C16H16ClN3O3. The number of benzene rings is 1. The molecule has 0 amide bonds. The van der Waals surface area contributed by atoms with E-state index in [4.69, 9.17) is 11.6 Å². The molecule has 0 saturated carbocycles. The predicted octanol–water partition coefficient (Wildman–Crippen LogP) is 2.41. The Morgan fingerprint density at radius 3 is 2.74 bits per heavy atom. The molecule has 1 aromatic heterocycles. The molecule has 1 aliphatic rings. The molecule has 2 atom stereocenters. The lowest BCUT2D eigenvalue weighted by atomic mass is 10.1. The number of fused-ring (bicyclic) bond motifs is 1. The molecule has 0 spiro atoms. The monoisotopic (exact) mass is 333 g/mol. The molecule has 0 radical (unpaired) electrons. The van der Waals surface area contributed by atoms with Crippen LogP contribution in [0.25, 0.3) is 17.3 Å². The second-order valence-electron chi connectivity index (χ2n) is 5.17. The van der Waals surface area contributed by atoms with Gasteiger partial charge in [-0.3, -0.25) is 0 Å². The maximum atomic E-state index is 11.6. The van der Waals surface area contributed by atoms with E-state index in [0.717, 1.165) is 17.0 Å². The number of carbonyl (C=O) groups excluding carboxylic acids is 1. The molecule has 7 heteroatoms. The van der Waals surface area contributed by atoms with E-state index in [0.29, 0.717) is 5.70 Å². The Morgan fingerprint density at radius 1 is 1.39 bits per heavy atom. The van der Waals surface area contributed by atoms with Crippen LogP contribution >= 0.6 is 11.6 Å². The molecule has 0 saturated heterocycles. The Hall–Kier alpha value is -2.31. The van der Waals surface area contributed by atoms with E-state index in [1.54, 1.807) is 11.6 Å². The van der Waals surface area contributed by atoms with Crippen LogP contribution in [-0.2, 0) is 9.53 Å². The zero-order valence-corrected chi connectivity index (χ0v) is 13.4. The fourth-order valence-electron chi connectivity index (χ4n) is 2.54. The number of aliphatic hydroxyl groups excluding tert-OH is 1. The summed E-state index contributed by atoms with van der Waals surface area (Å²) in [4.78, 5) is 13.0. The summed E-state index contributed by atoms with van der Waals surface area (Å²) < 4.78 is 6.14. The number of aliphatic hydroxyl groups is 1. The van der Waals surface area contributed by atoms with E-state index in [-0.39, 0.29) is 0 Å². The first kappa shape index (κ1) is 15.6. The van der Waals surface area contributed by atoms with Crippen molar-refractivity contribution in [1.82, 2.24) is 14.7 Å². The van der Waals surface area contributed by atoms with Crippen LogP contribution < -0.4 is 0 Å². The summed E-state index contributed by atoms with van der Waals surface area (Å²) in [5, 5.41) is 14.6. The van der Waals surface area contributed by atoms with E-state index < -0.39 is 17.8 Å². The van der Waals surface area contributed by atoms with Crippen LogP contribution in [0.1, 0.15) is 18.2 Å². The molecule has 0 bridgehead atoms. The lowest BCUT2D eigenvalue weighted by Gasteiger charge is -2.36. The van der Waals surface area contributed by atoms with Crippen LogP contribution in [0.5, 0.6) is 0 Å². The van der Waals surface area contributed by atoms with Crippen molar-refractivity contribution in [2.24, 2.45) is 0 Å². The van der Waals surface area contributed by atoms with Crippen LogP contribution in [0.15, 0.2) is 42.1 Å². The van der Waals surface area contributed by atoms with Gasteiger partial charge >= 0.3 is 5.97 Å². The van der Waals surface area contributed by atoms with Gasteiger partial charge in [-0.2, -0.15) is 5.10 Å². The summed E-state index contributed by atoms with van der Waals surface area (Å²) in [6.07, 6.45) is 0.320. The minimum absolute atomic E-state index is 0.648. The number of hydrogen-bond donors (Lipinski definition) is 1. The Morgan fingerprint density at radius 2 is 2.09 bits per heavy atom. The molecule has 1 aliphatic heterocycles. The molecule has 6 nitrogen and oxygen atoms in total. The fraction of sp³-hybridized carbons (Fsp3) is 0.250. The average molecular weight is 334 g/mol. The summed E-state index contributed by atoms with van der Waals surface area (Å²) >= 11 is 6.42. The van der Waals surface area contributed by atoms with Crippen molar-refractivity contribution in [2.75, 3.05) is 7.11 Å². The number of allylic oxidation sites excluding steroid dienone is 1. The molecule has 2 unspecified atom stereocenters. The van der Waals surface area contributed by atoms with Crippen molar-refractivity contribution >= 4 is 23.6 Å². The molecule has 2 heterocycles. The zero-order valence-electron chi connectivity index (χ0n) is 12.7. The predicted molar refractivity (Wildman–Crippen MR) is 86.1 cm³/mol. The van der Waals surface area contributed by atoms with E-state index in [1.807, 2.05) is 42.5 Å². The van der Waals surface area contributed by atoms with Crippen LogP contribution in [0.2, 0.25) is 0 Å². The van der Waals surface area contributed by atoms with Gasteiger partial charge in [0.15, 0.2) is 0 Å². The highest BCUT2D eigenvalue weighted by molar-refractivity contribution is 6.19. The lowest BCUT2D eigenvalue weighted by molar-refractivity contribution is -0.161. The number of methoxy groups -OCH3 is 1. The summed E-state index contributed by atoms with van der Waals surface area (Å²) in [5.41, 5.74) is 2.35. The van der Waals surface area contributed by atoms with Gasteiger partial charge in [-0.05, 0) is 19.1 Å². The molecule has 0 aliphatic carbocycles. The minimum Gasteiger partial charge on any atom is -0.466 e. The Balaban J connectivity index is 1.99. The highest BCUT2D eigenvalue weighted by Crippen LogP contribution is 2.34. The molecule has 120 valence electrons. The number of alkyl halides is 1. The van der Waals surface area contributed by atoms with Gasteiger partial charge in [0.05, 0.1) is 18.5 Å². The normalized spacial score (nSPS) is 18.2. The quantitative estimate of drug-likeness (QED) is 0.531. The average Bonchev–Trinajstić information content (AvgIpc) is 2.99. The Bertz CT molecular complexity index is 757. The third kappa shape index (κ3) is 2.71. The molecule has 1 aromatic carbocycles. The largest absolute Gasteiger partial charge is 0.466 e. The second-order valence-corrected chi connectivity index (χ2v) is 5.56. The second kappa shape index (κ2) is 6.06. The van der Waals surface area contributed by atoms with Gasteiger partial charge in [-0.1, -0.05) is 41.9 Å². The topological polar surface area (TPSA) is 67.6 Å². The van der Waals surface area contributed by atoms with Gasteiger partial charge in [0.2, 0.25) is 11.9 Å². The van der Waals surface area contributed by atoms with Gasteiger partial charge in [0.1, 0.15) is 0 Å².